The van der Waals surface area contributed by atoms with E-state index in [1.54, 1.807) is 0 Å². The number of hydrogen-bond donors (Lipinski definition) is 2. The van der Waals surface area contributed by atoms with E-state index < -0.39 is 0 Å². The maximum Gasteiger partial charge on any atom is 0.0697 e. The maximum absolute atomic E-state index is 8.69. The van der Waals surface area contributed by atoms with Crippen molar-refractivity contribution in [1.29, 1.82) is 0 Å². The van der Waals surface area contributed by atoms with Crippen molar-refractivity contribution in [3.8, 4) is 0 Å². The SMILES string of the molecule is OCCCCCNC1CCOC2(CCC2)C1. The van der Waals surface area contributed by atoms with Crippen LogP contribution in [0.5, 0.6) is 0 Å². The van der Waals surface area contributed by atoms with Crippen LogP contribution in [0.1, 0.15) is 51.4 Å². The second-order valence-corrected chi connectivity index (χ2v) is 5.31. The zero-order chi connectivity index (χ0) is 11.3. The molecule has 3 heteroatoms. The van der Waals surface area contributed by atoms with Crippen LogP contribution in [0.4, 0.5) is 0 Å². The van der Waals surface area contributed by atoms with Gasteiger partial charge in [-0.3, -0.25) is 0 Å². The van der Waals surface area contributed by atoms with Crippen LogP contribution in [0.25, 0.3) is 0 Å². The van der Waals surface area contributed by atoms with Gasteiger partial charge in [-0.15, -0.1) is 0 Å². The van der Waals surface area contributed by atoms with Gasteiger partial charge in [0.2, 0.25) is 0 Å². The van der Waals surface area contributed by atoms with E-state index >= 15 is 0 Å². The number of rotatable bonds is 6. The Labute approximate surface area is 98.6 Å². The van der Waals surface area contributed by atoms with Gasteiger partial charge in [0.15, 0.2) is 0 Å². The van der Waals surface area contributed by atoms with E-state index in [1.165, 1.54) is 38.5 Å². The van der Waals surface area contributed by atoms with Crippen molar-refractivity contribution >= 4 is 0 Å². The fraction of sp³-hybridized carbons (Fsp3) is 1.00. The van der Waals surface area contributed by atoms with Gasteiger partial charge in [0.25, 0.3) is 0 Å². The smallest absolute Gasteiger partial charge is 0.0697 e. The first kappa shape index (κ1) is 12.3. The fourth-order valence-electron chi connectivity index (χ4n) is 2.84. The monoisotopic (exact) mass is 227 g/mol. The summed E-state index contributed by atoms with van der Waals surface area (Å²) in [6.07, 6.45) is 9.55. The largest absolute Gasteiger partial charge is 0.396 e. The van der Waals surface area contributed by atoms with Gasteiger partial charge in [0.05, 0.1) is 5.60 Å². The summed E-state index contributed by atoms with van der Waals surface area (Å²) in [5.74, 6) is 0. The first-order chi connectivity index (χ1) is 7.85. The van der Waals surface area contributed by atoms with Crippen molar-refractivity contribution in [3.05, 3.63) is 0 Å². The molecular weight excluding hydrogens is 202 g/mol. The molecule has 2 N–H and O–H groups in total. The van der Waals surface area contributed by atoms with Crippen LogP contribution < -0.4 is 5.32 Å². The van der Waals surface area contributed by atoms with E-state index in [0.717, 1.165) is 26.0 Å². The van der Waals surface area contributed by atoms with Gasteiger partial charge in [0.1, 0.15) is 0 Å². The molecule has 0 aromatic heterocycles. The van der Waals surface area contributed by atoms with Crippen molar-refractivity contribution in [2.24, 2.45) is 0 Å². The van der Waals surface area contributed by atoms with Crippen molar-refractivity contribution in [1.82, 2.24) is 5.32 Å². The van der Waals surface area contributed by atoms with Gasteiger partial charge < -0.3 is 15.2 Å². The van der Waals surface area contributed by atoms with Crippen LogP contribution in [0.3, 0.4) is 0 Å². The molecule has 0 aromatic rings. The molecule has 1 saturated heterocycles. The molecule has 1 aliphatic heterocycles. The molecule has 2 fully saturated rings. The molecule has 2 rings (SSSR count). The Morgan fingerprint density at radius 2 is 2.12 bits per heavy atom. The van der Waals surface area contributed by atoms with Crippen LogP contribution in [-0.2, 0) is 4.74 Å². The summed E-state index contributed by atoms with van der Waals surface area (Å²) in [5.41, 5.74) is 0.265. The number of ether oxygens (including phenoxy) is 1. The predicted molar refractivity (Wildman–Crippen MR) is 64.5 cm³/mol. The van der Waals surface area contributed by atoms with Crippen LogP contribution in [-0.4, -0.2) is 36.5 Å². The van der Waals surface area contributed by atoms with E-state index in [-0.39, 0.29) is 5.60 Å². The van der Waals surface area contributed by atoms with E-state index in [0.29, 0.717) is 12.6 Å². The van der Waals surface area contributed by atoms with Gasteiger partial charge in [-0.2, -0.15) is 0 Å². The van der Waals surface area contributed by atoms with Crippen molar-refractivity contribution < 1.29 is 9.84 Å². The Morgan fingerprint density at radius 3 is 2.81 bits per heavy atom. The summed E-state index contributed by atoms with van der Waals surface area (Å²) in [4.78, 5) is 0. The first-order valence-corrected chi connectivity index (χ1v) is 6.83. The van der Waals surface area contributed by atoms with Gasteiger partial charge in [-0.25, -0.2) is 0 Å². The zero-order valence-corrected chi connectivity index (χ0v) is 10.2. The predicted octanol–water partition coefficient (Wildman–Crippen LogP) is 1.84. The average molecular weight is 227 g/mol. The Kier molecular flexibility index (Phi) is 4.62. The minimum Gasteiger partial charge on any atom is -0.396 e. The van der Waals surface area contributed by atoms with Crippen LogP contribution >= 0.6 is 0 Å². The maximum atomic E-state index is 8.69. The molecule has 0 radical (unpaired) electrons. The zero-order valence-electron chi connectivity index (χ0n) is 10.2. The van der Waals surface area contributed by atoms with Crippen LogP contribution in [0.2, 0.25) is 0 Å². The highest BCUT2D eigenvalue weighted by molar-refractivity contribution is 4.95. The minimum atomic E-state index is 0.265. The lowest BCUT2D eigenvalue weighted by Gasteiger charge is -2.47. The molecule has 1 spiro atoms. The Balaban J connectivity index is 1.58. The van der Waals surface area contributed by atoms with E-state index in [9.17, 15) is 0 Å². The van der Waals surface area contributed by atoms with Crippen molar-refractivity contribution in [2.75, 3.05) is 19.8 Å². The molecule has 1 aliphatic carbocycles. The highest BCUT2D eigenvalue weighted by atomic mass is 16.5. The Bertz CT molecular complexity index is 204. The lowest BCUT2D eigenvalue weighted by atomic mass is 9.74. The number of aliphatic hydroxyl groups is 1. The van der Waals surface area contributed by atoms with Crippen LogP contribution in [0.15, 0.2) is 0 Å². The average Bonchev–Trinajstić information content (AvgIpc) is 2.27. The Hall–Kier alpha value is -0.120. The second-order valence-electron chi connectivity index (χ2n) is 5.31. The fourth-order valence-corrected chi connectivity index (χ4v) is 2.84. The third-order valence-corrected chi connectivity index (χ3v) is 4.03. The molecule has 16 heavy (non-hydrogen) atoms. The summed E-state index contributed by atoms with van der Waals surface area (Å²) in [7, 11) is 0. The van der Waals surface area contributed by atoms with Gasteiger partial charge in [-0.05, 0) is 57.9 Å². The summed E-state index contributed by atoms with van der Waals surface area (Å²) in [6.45, 7) is 2.37. The molecule has 1 unspecified atom stereocenters. The summed E-state index contributed by atoms with van der Waals surface area (Å²) < 4.78 is 5.90. The minimum absolute atomic E-state index is 0.265. The van der Waals surface area contributed by atoms with Gasteiger partial charge >= 0.3 is 0 Å². The molecular formula is C13H25NO2. The molecule has 1 heterocycles. The molecule has 1 atom stereocenters. The number of aliphatic hydroxyl groups excluding tert-OH is 1. The summed E-state index contributed by atoms with van der Waals surface area (Å²) in [6, 6.07) is 0.670. The topological polar surface area (TPSA) is 41.5 Å². The summed E-state index contributed by atoms with van der Waals surface area (Å²) in [5, 5.41) is 12.3. The highest BCUT2D eigenvalue weighted by Crippen LogP contribution is 2.42. The number of unbranched alkanes of at least 4 members (excludes halogenated alkanes) is 2. The quantitative estimate of drug-likeness (QED) is 0.680. The highest BCUT2D eigenvalue weighted by Gasteiger charge is 2.42. The molecule has 0 bridgehead atoms. The van der Waals surface area contributed by atoms with Crippen LogP contribution in [0, 0.1) is 0 Å². The van der Waals surface area contributed by atoms with E-state index in [1.807, 2.05) is 0 Å². The summed E-state index contributed by atoms with van der Waals surface area (Å²) >= 11 is 0. The van der Waals surface area contributed by atoms with Crippen molar-refractivity contribution in [3.63, 3.8) is 0 Å². The lowest BCUT2D eigenvalue weighted by Crippen LogP contribution is -2.51. The normalized spacial score (nSPS) is 27.9. The van der Waals surface area contributed by atoms with E-state index in [4.69, 9.17) is 9.84 Å². The molecule has 3 nitrogen and oxygen atoms in total. The molecule has 94 valence electrons. The molecule has 1 saturated carbocycles. The third-order valence-electron chi connectivity index (χ3n) is 4.03. The number of nitrogens with one attached hydrogen (secondary N) is 1. The van der Waals surface area contributed by atoms with Gasteiger partial charge in [-0.1, -0.05) is 0 Å². The second kappa shape index (κ2) is 5.99. The lowest BCUT2D eigenvalue weighted by molar-refractivity contribution is -0.135. The van der Waals surface area contributed by atoms with Crippen molar-refractivity contribution in [2.45, 2.75) is 63.0 Å². The molecule has 0 amide bonds. The third kappa shape index (κ3) is 3.19. The first-order valence-electron chi connectivity index (χ1n) is 6.83. The number of hydrogen-bond acceptors (Lipinski definition) is 3. The Morgan fingerprint density at radius 1 is 1.25 bits per heavy atom. The van der Waals surface area contributed by atoms with Gasteiger partial charge in [0, 0.05) is 19.3 Å². The van der Waals surface area contributed by atoms with E-state index in [2.05, 4.69) is 5.32 Å². The standard InChI is InChI=1S/C13H25NO2/c15-9-3-1-2-8-14-12-5-10-16-13(11-12)6-4-7-13/h12,14-15H,1-11H2. The molecule has 2 aliphatic rings. The molecule has 0 aromatic carbocycles.